The second-order valence-corrected chi connectivity index (χ2v) is 3.77. The van der Waals surface area contributed by atoms with Gasteiger partial charge in [0.05, 0.1) is 24.3 Å². The van der Waals surface area contributed by atoms with Crippen LogP contribution in [0.5, 0.6) is 0 Å². The van der Waals surface area contributed by atoms with Gasteiger partial charge in [0.15, 0.2) is 0 Å². The number of ether oxygens (including phenoxy) is 1. The van der Waals surface area contributed by atoms with Crippen LogP contribution >= 0.6 is 0 Å². The number of nitrogens with one attached hydrogen (secondary N) is 1. The van der Waals surface area contributed by atoms with Crippen LogP contribution in [-0.4, -0.2) is 31.5 Å². The van der Waals surface area contributed by atoms with Crippen LogP contribution in [-0.2, 0) is 11.3 Å². The molecule has 1 aromatic rings. The molecule has 1 rings (SSSR count). The topological polar surface area (TPSA) is 65.3 Å². The first-order valence-electron chi connectivity index (χ1n) is 5.34. The number of rotatable bonds is 6. The maximum atomic E-state index is 13.5. The van der Waals surface area contributed by atoms with Gasteiger partial charge < -0.3 is 15.2 Å². The highest BCUT2D eigenvalue weighted by atomic mass is 19.1. The number of benzene rings is 1. The third-order valence-electron chi connectivity index (χ3n) is 2.31. The highest BCUT2D eigenvalue weighted by Gasteiger charge is 2.11. The van der Waals surface area contributed by atoms with E-state index in [0.717, 1.165) is 12.1 Å². The number of methoxy groups -OCH3 is 1. The van der Waals surface area contributed by atoms with Gasteiger partial charge in [0.25, 0.3) is 0 Å². The lowest BCUT2D eigenvalue weighted by Gasteiger charge is -2.11. The lowest BCUT2D eigenvalue weighted by atomic mass is 10.1. The Labute approximate surface area is 104 Å². The third kappa shape index (κ3) is 4.04. The maximum absolute atomic E-state index is 13.5. The van der Waals surface area contributed by atoms with Gasteiger partial charge in [-0.05, 0) is 12.1 Å². The summed E-state index contributed by atoms with van der Waals surface area (Å²) in [6.07, 6.45) is -0.737. The van der Waals surface area contributed by atoms with Crippen molar-refractivity contribution in [2.75, 3.05) is 20.3 Å². The summed E-state index contributed by atoms with van der Waals surface area (Å²) < 4.78 is 31.6. The van der Waals surface area contributed by atoms with E-state index in [9.17, 15) is 13.9 Å². The SMILES string of the molecule is COCC(O)CNCc1c(F)cc(C#N)cc1F. The molecule has 1 aromatic carbocycles. The first kappa shape index (κ1) is 14.5. The second kappa shape index (κ2) is 7.01. The molecule has 0 fully saturated rings. The number of halogens is 2. The molecule has 1 unspecified atom stereocenters. The quantitative estimate of drug-likeness (QED) is 0.794. The first-order chi connectivity index (χ1) is 8.58. The third-order valence-corrected chi connectivity index (χ3v) is 2.31. The van der Waals surface area contributed by atoms with E-state index in [4.69, 9.17) is 10.00 Å². The number of nitrogens with zero attached hydrogens (tertiary/aromatic N) is 1. The van der Waals surface area contributed by atoms with Crippen LogP contribution in [0.15, 0.2) is 12.1 Å². The van der Waals surface area contributed by atoms with Gasteiger partial charge in [0, 0.05) is 25.8 Å². The van der Waals surface area contributed by atoms with Crippen molar-refractivity contribution in [3.63, 3.8) is 0 Å². The second-order valence-electron chi connectivity index (χ2n) is 3.77. The molecule has 1 atom stereocenters. The zero-order chi connectivity index (χ0) is 13.5. The summed E-state index contributed by atoms with van der Waals surface area (Å²) in [5, 5.41) is 20.6. The van der Waals surface area contributed by atoms with Gasteiger partial charge in [-0.25, -0.2) is 8.78 Å². The Morgan fingerprint density at radius 1 is 1.44 bits per heavy atom. The lowest BCUT2D eigenvalue weighted by Crippen LogP contribution is -2.30. The number of aliphatic hydroxyl groups is 1. The predicted molar refractivity (Wildman–Crippen MR) is 60.7 cm³/mol. The molecule has 0 spiro atoms. The van der Waals surface area contributed by atoms with Crippen molar-refractivity contribution in [3.8, 4) is 6.07 Å². The molecule has 0 aliphatic carbocycles. The van der Waals surface area contributed by atoms with Gasteiger partial charge in [0.1, 0.15) is 11.6 Å². The van der Waals surface area contributed by atoms with Gasteiger partial charge in [-0.1, -0.05) is 0 Å². The summed E-state index contributed by atoms with van der Waals surface area (Å²) in [4.78, 5) is 0. The fourth-order valence-corrected chi connectivity index (χ4v) is 1.45. The summed E-state index contributed by atoms with van der Waals surface area (Å²) in [6, 6.07) is 3.63. The van der Waals surface area contributed by atoms with Crippen molar-refractivity contribution in [2.45, 2.75) is 12.6 Å². The lowest BCUT2D eigenvalue weighted by molar-refractivity contribution is 0.0643. The van der Waals surface area contributed by atoms with Crippen LogP contribution in [0.25, 0.3) is 0 Å². The Morgan fingerprint density at radius 2 is 2.06 bits per heavy atom. The standard InChI is InChI=1S/C12H14F2N2O2/c1-18-7-9(17)5-16-6-10-11(13)2-8(4-15)3-12(10)14/h2-3,9,16-17H,5-7H2,1H3. The van der Waals surface area contributed by atoms with Crippen LogP contribution in [0.1, 0.15) is 11.1 Å². The Kier molecular flexibility index (Phi) is 5.65. The number of hydrogen-bond acceptors (Lipinski definition) is 4. The van der Waals surface area contributed by atoms with E-state index in [1.54, 1.807) is 6.07 Å². The molecule has 6 heteroatoms. The summed E-state index contributed by atoms with van der Waals surface area (Å²) in [6.45, 7) is 0.238. The maximum Gasteiger partial charge on any atom is 0.131 e. The molecule has 0 bridgehead atoms. The van der Waals surface area contributed by atoms with Crippen molar-refractivity contribution >= 4 is 0 Å². The first-order valence-corrected chi connectivity index (χ1v) is 5.34. The summed E-state index contributed by atoms with van der Waals surface area (Å²) in [7, 11) is 1.45. The molecule has 0 aliphatic rings. The van der Waals surface area contributed by atoms with Crippen LogP contribution in [0.3, 0.4) is 0 Å². The largest absolute Gasteiger partial charge is 0.389 e. The molecule has 2 N–H and O–H groups in total. The van der Waals surface area contributed by atoms with E-state index in [1.165, 1.54) is 7.11 Å². The van der Waals surface area contributed by atoms with Gasteiger partial charge >= 0.3 is 0 Å². The smallest absolute Gasteiger partial charge is 0.131 e. The minimum Gasteiger partial charge on any atom is -0.389 e. The van der Waals surface area contributed by atoms with E-state index < -0.39 is 17.7 Å². The minimum absolute atomic E-state index is 0.0619. The zero-order valence-corrected chi connectivity index (χ0v) is 9.91. The molecule has 0 amide bonds. The van der Waals surface area contributed by atoms with Gasteiger partial charge in [-0.15, -0.1) is 0 Å². The van der Waals surface area contributed by atoms with Crippen LogP contribution in [0.4, 0.5) is 8.78 Å². The summed E-state index contributed by atoms with van der Waals surface area (Å²) in [5.74, 6) is -1.56. The highest BCUT2D eigenvalue weighted by molar-refractivity contribution is 5.34. The monoisotopic (exact) mass is 256 g/mol. The predicted octanol–water partition coefficient (Wildman–Crippen LogP) is 0.933. The average molecular weight is 256 g/mol. The molecule has 0 heterocycles. The molecule has 0 radical (unpaired) electrons. The van der Waals surface area contributed by atoms with Gasteiger partial charge in [-0.2, -0.15) is 5.26 Å². The summed E-state index contributed by atoms with van der Waals surface area (Å²) in [5.41, 5.74) is -0.216. The molecule has 4 nitrogen and oxygen atoms in total. The molecule has 98 valence electrons. The van der Waals surface area contributed by atoms with Crippen molar-refractivity contribution in [3.05, 3.63) is 34.9 Å². The van der Waals surface area contributed by atoms with Crippen LogP contribution in [0.2, 0.25) is 0 Å². The van der Waals surface area contributed by atoms with E-state index in [0.29, 0.717) is 0 Å². The van der Waals surface area contributed by atoms with Crippen LogP contribution < -0.4 is 5.32 Å². The van der Waals surface area contributed by atoms with Crippen molar-refractivity contribution in [1.82, 2.24) is 5.32 Å². The Balaban J connectivity index is 2.60. The molecule has 0 aromatic heterocycles. The molecular weight excluding hydrogens is 242 g/mol. The Hall–Kier alpha value is -1.55. The fourth-order valence-electron chi connectivity index (χ4n) is 1.45. The van der Waals surface area contributed by atoms with Crippen molar-refractivity contribution in [1.29, 1.82) is 5.26 Å². The molecule has 0 saturated carbocycles. The number of hydrogen-bond donors (Lipinski definition) is 2. The molecule has 18 heavy (non-hydrogen) atoms. The number of nitriles is 1. The fraction of sp³-hybridized carbons (Fsp3) is 0.417. The van der Waals surface area contributed by atoms with E-state index >= 15 is 0 Å². The van der Waals surface area contributed by atoms with Crippen molar-refractivity contribution in [2.24, 2.45) is 0 Å². The zero-order valence-electron chi connectivity index (χ0n) is 9.91. The van der Waals surface area contributed by atoms with E-state index in [1.807, 2.05) is 0 Å². The normalized spacial score (nSPS) is 12.2. The Bertz CT molecular complexity index is 423. The van der Waals surface area contributed by atoms with Gasteiger partial charge in [0.2, 0.25) is 0 Å². The van der Waals surface area contributed by atoms with E-state index in [-0.39, 0.29) is 30.8 Å². The number of aliphatic hydroxyl groups excluding tert-OH is 1. The highest BCUT2D eigenvalue weighted by Crippen LogP contribution is 2.14. The minimum atomic E-state index is -0.778. The van der Waals surface area contributed by atoms with E-state index in [2.05, 4.69) is 5.32 Å². The molecule has 0 saturated heterocycles. The van der Waals surface area contributed by atoms with Gasteiger partial charge in [-0.3, -0.25) is 0 Å². The molecule has 0 aliphatic heterocycles. The summed E-state index contributed by atoms with van der Waals surface area (Å²) >= 11 is 0. The average Bonchev–Trinajstić information content (AvgIpc) is 2.32. The van der Waals surface area contributed by atoms with Crippen LogP contribution in [0, 0.1) is 23.0 Å². The Morgan fingerprint density at radius 3 is 2.56 bits per heavy atom. The van der Waals surface area contributed by atoms with Crippen molar-refractivity contribution < 1.29 is 18.6 Å². The molecular formula is C12H14F2N2O2.